The summed E-state index contributed by atoms with van der Waals surface area (Å²) in [7, 11) is 0. The molecule has 2 aromatic rings. The van der Waals surface area contributed by atoms with Crippen molar-refractivity contribution in [1.82, 2.24) is 19.5 Å². The summed E-state index contributed by atoms with van der Waals surface area (Å²) in [4.78, 5) is 23.1. The van der Waals surface area contributed by atoms with Crippen LogP contribution in [-0.4, -0.2) is 19.5 Å². The molecule has 1 saturated carbocycles. The van der Waals surface area contributed by atoms with E-state index in [1.807, 2.05) is 29.5 Å². The Labute approximate surface area is 111 Å². The molecule has 0 spiro atoms. The first-order chi connectivity index (χ1) is 8.16. The number of rotatable bonds is 2. The molecule has 0 saturated heterocycles. The minimum absolute atomic E-state index is 0.0864. The van der Waals surface area contributed by atoms with Crippen molar-refractivity contribution < 1.29 is 0 Å². The van der Waals surface area contributed by atoms with E-state index < -0.39 is 0 Å². The minimum Gasteiger partial charge on any atom is -0.325 e. The second-order valence-corrected chi connectivity index (χ2v) is 5.31. The maximum atomic E-state index is 11.7. The van der Waals surface area contributed by atoms with E-state index in [2.05, 4.69) is 19.5 Å². The number of hydrogen-bond donors (Lipinski definition) is 1. The number of imidazole rings is 1. The highest BCUT2D eigenvalue weighted by atomic mass is 127. The summed E-state index contributed by atoms with van der Waals surface area (Å²) in [6.45, 7) is 1.85. The van der Waals surface area contributed by atoms with Gasteiger partial charge in [0.1, 0.15) is 5.69 Å². The van der Waals surface area contributed by atoms with Crippen molar-refractivity contribution in [3.05, 3.63) is 32.1 Å². The second-order valence-electron chi connectivity index (χ2n) is 4.23. The largest absolute Gasteiger partial charge is 0.325 e. The molecule has 2 heterocycles. The number of nitrogens with zero attached hydrogens (tertiary/aromatic N) is 3. The Morgan fingerprint density at radius 1 is 1.53 bits per heavy atom. The van der Waals surface area contributed by atoms with Crippen molar-refractivity contribution in [2.45, 2.75) is 25.8 Å². The zero-order chi connectivity index (χ0) is 12.0. The number of aromatic amines is 1. The van der Waals surface area contributed by atoms with Crippen molar-refractivity contribution in [3.8, 4) is 11.5 Å². The van der Waals surface area contributed by atoms with Gasteiger partial charge in [0.15, 0.2) is 5.82 Å². The van der Waals surface area contributed by atoms with Crippen LogP contribution in [0.1, 0.15) is 24.6 Å². The molecule has 0 aromatic carbocycles. The summed E-state index contributed by atoms with van der Waals surface area (Å²) >= 11 is 2.01. The van der Waals surface area contributed by atoms with Gasteiger partial charge in [-0.05, 0) is 42.4 Å². The first-order valence-electron chi connectivity index (χ1n) is 5.45. The fourth-order valence-electron chi connectivity index (χ4n) is 1.82. The highest BCUT2D eigenvalue weighted by Gasteiger charge is 2.26. The Kier molecular flexibility index (Phi) is 2.53. The van der Waals surface area contributed by atoms with Crippen LogP contribution in [0, 0.1) is 10.5 Å². The first kappa shape index (κ1) is 10.9. The van der Waals surface area contributed by atoms with Crippen LogP contribution in [0.5, 0.6) is 0 Å². The van der Waals surface area contributed by atoms with E-state index in [0.29, 0.717) is 15.4 Å². The summed E-state index contributed by atoms with van der Waals surface area (Å²) in [6, 6.07) is 0.525. The molecule has 88 valence electrons. The van der Waals surface area contributed by atoms with E-state index in [4.69, 9.17) is 0 Å². The van der Waals surface area contributed by atoms with Crippen molar-refractivity contribution in [2.24, 2.45) is 0 Å². The molecule has 1 fully saturated rings. The molecule has 1 N–H and O–H groups in total. The zero-order valence-electron chi connectivity index (χ0n) is 9.27. The Morgan fingerprint density at radius 2 is 2.29 bits per heavy atom. The summed E-state index contributed by atoms with van der Waals surface area (Å²) < 4.78 is 2.73. The molecule has 0 unspecified atom stereocenters. The van der Waals surface area contributed by atoms with Gasteiger partial charge in [-0.1, -0.05) is 0 Å². The molecular formula is C11H11IN4O. The molecule has 5 nitrogen and oxygen atoms in total. The molecule has 0 radical (unpaired) electrons. The van der Waals surface area contributed by atoms with E-state index >= 15 is 0 Å². The lowest BCUT2D eigenvalue weighted by Crippen LogP contribution is -2.15. The Bertz CT molecular complexity index is 627. The lowest BCUT2D eigenvalue weighted by molar-refractivity contribution is 0.742. The summed E-state index contributed by atoms with van der Waals surface area (Å²) in [5, 5.41) is 0. The van der Waals surface area contributed by atoms with E-state index in [9.17, 15) is 4.79 Å². The van der Waals surface area contributed by atoms with Crippen LogP contribution in [0.3, 0.4) is 0 Å². The zero-order valence-corrected chi connectivity index (χ0v) is 11.4. The van der Waals surface area contributed by atoms with Gasteiger partial charge in [-0.3, -0.25) is 4.79 Å². The highest BCUT2D eigenvalue weighted by molar-refractivity contribution is 14.1. The Hall–Kier alpha value is -1.18. The number of aryl methyl sites for hydroxylation is 1. The van der Waals surface area contributed by atoms with E-state index in [0.717, 1.165) is 11.4 Å². The third-order valence-corrected chi connectivity index (χ3v) is 4.15. The van der Waals surface area contributed by atoms with Crippen molar-refractivity contribution >= 4 is 22.6 Å². The molecule has 0 bridgehead atoms. The second kappa shape index (κ2) is 3.94. The third kappa shape index (κ3) is 1.90. The fraction of sp³-hybridized carbons (Fsp3) is 0.364. The molecule has 2 aromatic heterocycles. The molecule has 3 rings (SSSR count). The molecule has 1 aliphatic carbocycles. The van der Waals surface area contributed by atoms with Crippen molar-refractivity contribution in [2.75, 3.05) is 0 Å². The smallest absolute Gasteiger partial charge is 0.264 e. The lowest BCUT2D eigenvalue weighted by Gasteiger charge is -2.06. The van der Waals surface area contributed by atoms with Gasteiger partial charge in [-0.25, -0.2) is 9.97 Å². The average molecular weight is 342 g/mol. The van der Waals surface area contributed by atoms with Crippen molar-refractivity contribution in [1.29, 1.82) is 0 Å². The standard InChI is InChI=1S/C11H11IN4O/c1-6-9(12)11(17)15-10(14-6)8-4-13-5-16(8)7-2-3-7/h4-5,7H,2-3H2,1H3,(H,14,15,17). The maximum Gasteiger partial charge on any atom is 0.264 e. The number of H-pyrrole nitrogens is 1. The van der Waals surface area contributed by atoms with E-state index in [1.165, 1.54) is 12.8 Å². The predicted molar refractivity (Wildman–Crippen MR) is 71.8 cm³/mol. The van der Waals surface area contributed by atoms with Crippen LogP contribution in [0.15, 0.2) is 17.3 Å². The molecule has 0 aliphatic heterocycles. The van der Waals surface area contributed by atoms with Crippen LogP contribution in [-0.2, 0) is 0 Å². The quantitative estimate of drug-likeness (QED) is 0.848. The predicted octanol–water partition coefficient (Wildman–Crippen LogP) is 1.88. The minimum atomic E-state index is -0.0864. The third-order valence-electron chi connectivity index (χ3n) is 2.88. The molecule has 0 atom stereocenters. The summed E-state index contributed by atoms with van der Waals surface area (Å²) in [6.07, 6.45) is 5.91. The molecule has 1 aliphatic rings. The number of aromatic nitrogens is 4. The van der Waals surface area contributed by atoms with Crippen LogP contribution in [0.2, 0.25) is 0 Å². The summed E-state index contributed by atoms with van der Waals surface area (Å²) in [5.74, 6) is 0.609. The lowest BCUT2D eigenvalue weighted by atomic mass is 10.3. The molecule has 17 heavy (non-hydrogen) atoms. The Morgan fingerprint density at radius 3 is 2.94 bits per heavy atom. The number of nitrogens with one attached hydrogen (secondary N) is 1. The maximum absolute atomic E-state index is 11.7. The molecule has 0 amide bonds. The fourth-order valence-corrected chi connectivity index (χ4v) is 2.08. The average Bonchev–Trinajstić information content (AvgIpc) is 3.03. The summed E-state index contributed by atoms with van der Waals surface area (Å²) in [5.41, 5.74) is 1.56. The normalized spacial score (nSPS) is 15.2. The van der Waals surface area contributed by atoms with Gasteiger partial charge in [-0.2, -0.15) is 0 Å². The van der Waals surface area contributed by atoms with E-state index in [1.54, 1.807) is 12.5 Å². The van der Waals surface area contributed by atoms with Gasteiger partial charge in [-0.15, -0.1) is 0 Å². The van der Waals surface area contributed by atoms with Gasteiger partial charge in [0.2, 0.25) is 0 Å². The van der Waals surface area contributed by atoms with Gasteiger partial charge in [0, 0.05) is 6.04 Å². The van der Waals surface area contributed by atoms with Crippen LogP contribution < -0.4 is 5.56 Å². The van der Waals surface area contributed by atoms with Gasteiger partial charge < -0.3 is 9.55 Å². The molecule has 6 heteroatoms. The van der Waals surface area contributed by atoms with E-state index in [-0.39, 0.29) is 5.56 Å². The topological polar surface area (TPSA) is 63.6 Å². The molecular weight excluding hydrogens is 331 g/mol. The first-order valence-corrected chi connectivity index (χ1v) is 6.53. The SMILES string of the molecule is Cc1nc(-c2cncn2C2CC2)[nH]c(=O)c1I. The monoisotopic (exact) mass is 342 g/mol. The van der Waals surface area contributed by atoms with Gasteiger partial charge in [0.05, 0.1) is 21.8 Å². The highest BCUT2D eigenvalue weighted by Crippen LogP contribution is 2.37. The van der Waals surface area contributed by atoms with Crippen LogP contribution in [0.4, 0.5) is 0 Å². The van der Waals surface area contributed by atoms with Crippen LogP contribution in [0.25, 0.3) is 11.5 Å². The van der Waals surface area contributed by atoms with Crippen molar-refractivity contribution in [3.63, 3.8) is 0 Å². The number of halogens is 1. The Balaban J connectivity index is 2.15. The number of hydrogen-bond acceptors (Lipinski definition) is 3. The van der Waals surface area contributed by atoms with Gasteiger partial charge >= 0.3 is 0 Å². The van der Waals surface area contributed by atoms with Gasteiger partial charge in [0.25, 0.3) is 5.56 Å². The van der Waals surface area contributed by atoms with Crippen LogP contribution >= 0.6 is 22.6 Å².